The number of guanidine groups is 1. The predicted molar refractivity (Wildman–Crippen MR) is 94.4 cm³/mol. The number of hydrogen-bond donors (Lipinski definition) is 2. The van der Waals surface area contributed by atoms with Crippen LogP contribution in [0, 0.1) is 0 Å². The van der Waals surface area contributed by atoms with Gasteiger partial charge in [0.05, 0.1) is 0 Å². The SMILES string of the molecule is CN=C(NCCCc1ccccc1)NCCN1CCCCC1. The highest BCUT2D eigenvalue weighted by Gasteiger charge is 2.09. The smallest absolute Gasteiger partial charge is 0.191 e. The minimum Gasteiger partial charge on any atom is -0.356 e. The number of nitrogens with zero attached hydrogens (tertiary/aromatic N) is 2. The fraction of sp³-hybridized carbons (Fsp3) is 0.611. The molecule has 22 heavy (non-hydrogen) atoms. The molecule has 0 aliphatic carbocycles. The fourth-order valence-electron chi connectivity index (χ4n) is 2.88. The Balaban J connectivity index is 1.55. The van der Waals surface area contributed by atoms with Crippen LogP contribution in [0.1, 0.15) is 31.2 Å². The summed E-state index contributed by atoms with van der Waals surface area (Å²) in [5.41, 5.74) is 1.40. The number of nitrogens with one attached hydrogen (secondary N) is 2. The van der Waals surface area contributed by atoms with Gasteiger partial charge in [0, 0.05) is 26.7 Å². The average molecular weight is 302 g/mol. The lowest BCUT2D eigenvalue weighted by Gasteiger charge is -2.26. The molecular weight excluding hydrogens is 272 g/mol. The van der Waals surface area contributed by atoms with E-state index in [1.165, 1.54) is 37.9 Å². The summed E-state index contributed by atoms with van der Waals surface area (Å²) in [6.07, 6.45) is 6.34. The van der Waals surface area contributed by atoms with Crippen LogP contribution in [0.25, 0.3) is 0 Å². The number of likely N-dealkylation sites (tertiary alicyclic amines) is 1. The minimum atomic E-state index is 0.921. The lowest BCUT2D eigenvalue weighted by molar-refractivity contribution is 0.232. The van der Waals surface area contributed by atoms with Crippen LogP contribution in [-0.4, -0.2) is 50.6 Å². The molecular formula is C18H30N4. The van der Waals surface area contributed by atoms with Crippen LogP contribution in [0.2, 0.25) is 0 Å². The van der Waals surface area contributed by atoms with Crippen molar-refractivity contribution in [2.75, 3.05) is 39.8 Å². The quantitative estimate of drug-likeness (QED) is 0.461. The highest BCUT2D eigenvalue weighted by Crippen LogP contribution is 2.07. The van der Waals surface area contributed by atoms with Crippen molar-refractivity contribution < 1.29 is 0 Å². The first-order valence-electron chi connectivity index (χ1n) is 8.59. The zero-order chi connectivity index (χ0) is 15.5. The first-order chi connectivity index (χ1) is 10.9. The van der Waals surface area contributed by atoms with E-state index in [1.54, 1.807) is 0 Å². The van der Waals surface area contributed by atoms with Gasteiger partial charge in [-0.15, -0.1) is 0 Å². The molecule has 4 nitrogen and oxygen atoms in total. The van der Waals surface area contributed by atoms with Crippen molar-refractivity contribution in [3.05, 3.63) is 35.9 Å². The lowest BCUT2D eigenvalue weighted by Crippen LogP contribution is -2.42. The maximum Gasteiger partial charge on any atom is 0.191 e. The van der Waals surface area contributed by atoms with Gasteiger partial charge >= 0.3 is 0 Å². The summed E-state index contributed by atoms with van der Waals surface area (Å²) in [4.78, 5) is 6.83. The molecule has 4 heteroatoms. The number of piperidine rings is 1. The first kappa shape index (κ1) is 16.8. The second-order valence-corrected chi connectivity index (χ2v) is 5.92. The van der Waals surface area contributed by atoms with Crippen LogP contribution in [0.4, 0.5) is 0 Å². The summed E-state index contributed by atoms with van der Waals surface area (Å²) in [6.45, 7) is 5.55. The maximum atomic E-state index is 4.29. The van der Waals surface area contributed by atoms with Gasteiger partial charge in [0.25, 0.3) is 0 Å². The number of hydrogen-bond acceptors (Lipinski definition) is 2. The molecule has 0 spiro atoms. The molecule has 1 saturated heterocycles. The zero-order valence-corrected chi connectivity index (χ0v) is 13.9. The van der Waals surface area contributed by atoms with E-state index in [1.807, 2.05) is 7.05 Å². The van der Waals surface area contributed by atoms with E-state index < -0.39 is 0 Å². The summed E-state index contributed by atoms with van der Waals surface area (Å²) >= 11 is 0. The Morgan fingerprint density at radius 1 is 1.05 bits per heavy atom. The molecule has 1 fully saturated rings. The Kier molecular flexibility index (Phi) is 7.81. The monoisotopic (exact) mass is 302 g/mol. The number of benzene rings is 1. The van der Waals surface area contributed by atoms with E-state index in [0.717, 1.165) is 38.4 Å². The molecule has 1 aliphatic heterocycles. The second-order valence-electron chi connectivity index (χ2n) is 5.92. The van der Waals surface area contributed by atoms with Crippen molar-refractivity contribution in [1.29, 1.82) is 0 Å². The standard InChI is InChI=1S/C18H30N4/c1-19-18(21-13-16-22-14-6-3-7-15-22)20-12-8-11-17-9-4-2-5-10-17/h2,4-5,9-10H,3,6-8,11-16H2,1H3,(H2,19,20,21). The summed E-state index contributed by atoms with van der Waals surface area (Å²) in [5, 5.41) is 6.81. The van der Waals surface area contributed by atoms with E-state index >= 15 is 0 Å². The first-order valence-corrected chi connectivity index (χ1v) is 8.59. The molecule has 1 aromatic carbocycles. The summed E-state index contributed by atoms with van der Waals surface area (Å²) in [6, 6.07) is 10.6. The molecule has 0 amide bonds. The fourth-order valence-corrected chi connectivity index (χ4v) is 2.88. The molecule has 0 aromatic heterocycles. The lowest BCUT2D eigenvalue weighted by atomic mass is 10.1. The number of rotatable bonds is 7. The van der Waals surface area contributed by atoms with Crippen molar-refractivity contribution in [2.45, 2.75) is 32.1 Å². The normalized spacial score (nSPS) is 16.5. The second kappa shape index (κ2) is 10.2. The van der Waals surface area contributed by atoms with Gasteiger partial charge in [0.1, 0.15) is 0 Å². The number of aliphatic imine (C=N–C) groups is 1. The molecule has 0 bridgehead atoms. The molecule has 2 N–H and O–H groups in total. The highest BCUT2D eigenvalue weighted by atomic mass is 15.2. The molecule has 1 heterocycles. The van der Waals surface area contributed by atoms with E-state index in [0.29, 0.717) is 0 Å². The topological polar surface area (TPSA) is 39.7 Å². The van der Waals surface area contributed by atoms with Crippen LogP contribution in [0.15, 0.2) is 35.3 Å². The van der Waals surface area contributed by atoms with Gasteiger partial charge in [0.15, 0.2) is 5.96 Å². The zero-order valence-electron chi connectivity index (χ0n) is 13.9. The third kappa shape index (κ3) is 6.48. The van der Waals surface area contributed by atoms with Gasteiger partial charge in [-0.05, 0) is 44.3 Å². The van der Waals surface area contributed by atoms with Gasteiger partial charge in [-0.2, -0.15) is 0 Å². The van der Waals surface area contributed by atoms with Crippen molar-refractivity contribution in [2.24, 2.45) is 4.99 Å². The Bertz CT molecular complexity index is 424. The highest BCUT2D eigenvalue weighted by molar-refractivity contribution is 5.79. The van der Waals surface area contributed by atoms with Crippen LogP contribution in [-0.2, 0) is 6.42 Å². The Morgan fingerprint density at radius 2 is 1.77 bits per heavy atom. The van der Waals surface area contributed by atoms with E-state index in [2.05, 4.69) is 50.9 Å². The van der Waals surface area contributed by atoms with Gasteiger partial charge in [-0.3, -0.25) is 4.99 Å². The van der Waals surface area contributed by atoms with Crippen molar-refractivity contribution >= 4 is 5.96 Å². The van der Waals surface area contributed by atoms with Crippen LogP contribution >= 0.6 is 0 Å². The Morgan fingerprint density at radius 3 is 2.50 bits per heavy atom. The van der Waals surface area contributed by atoms with E-state index in [9.17, 15) is 0 Å². The summed E-state index contributed by atoms with van der Waals surface area (Å²) < 4.78 is 0. The number of aryl methyl sites for hydroxylation is 1. The molecule has 0 atom stereocenters. The summed E-state index contributed by atoms with van der Waals surface area (Å²) in [7, 11) is 1.84. The van der Waals surface area contributed by atoms with Crippen molar-refractivity contribution in [3.8, 4) is 0 Å². The van der Waals surface area contributed by atoms with E-state index in [-0.39, 0.29) is 0 Å². The predicted octanol–water partition coefficient (Wildman–Crippen LogP) is 2.27. The molecule has 1 aliphatic rings. The van der Waals surface area contributed by atoms with Gasteiger partial charge in [-0.25, -0.2) is 0 Å². The largest absolute Gasteiger partial charge is 0.356 e. The third-order valence-electron chi connectivity index (χ3n) is 4.17. The van der Waals surface area contributed by atoms with Gasteiger partial charge in [-0.1, -0.05) is 36.8 Å². The Labute approximate surface area is 135 Å². The summed E-state index contributed by atoms with van der Waals surface area (Å²) in [5.74, 6) is 0.921. The minimum absolute atomic E-state index is 0.921. The molecule has 0 radical (unpaired) electrons. The molecule has 122 valence electrons. The third-order valence-corrected chi connectivity index (χ3v) is 4.17. The molecule has 0 unspecified atom stereocenters. The van der Waals surface area contributed by atoms with Crippen molar-refractivity contribution in [3.63, 3.8) is 0 Å². The van der Waals surface area contributed by atoms with Crippen molar-refractivity contribution in [1.82, 2.24) is 15.5 Å². The molecule has 1 aromatic rings. The van der Waals surface area contributed by atoms with Gasteiger partial charge in [0.2, 0.25) is 0 Å². The van der Waals surface area contributed by atoms with Gasteiger partial charge < -0.3 is 15.5 Å². The Hall–Kier alpha value is -1.55. The average Bonchev–Trinajstić information content (AvgIpc) is 2.59. The van der Waals surface area contributed by atoms with Crippen LogP contribution < -0.4 is 10.6 Å². The van der Waals surface area contributed by atoms with E-state index in [4.69, 9.17) is 0 Å². The van der Waals surface area contributed by atoms with Crippen LogP contribution in [0.5, 0.6) is 0 Å². The molecule has 2 rings (SSSR count). The maximum absolute atomic E-state index is 4.29. The van der Waals surface area contributed by atoms with Crippen LogP contribution in [0.3, 0.4) is 0 Å². The molecule has 0 saturated carbocycles.